The van der Waals surface area contributed by atoms with Crippen LogP contribution < -0.4 is 0 Å². The summed E-state index contributed by atoms with van der Waals surface area (Å²) >= 11 is 1.76. The SMILES string of the molecule is CCCC(=O)CCCc1ccc(SC)cc1. The molecule has 0 saturated heterocycles. The van der Waals surface area contributed by atoms with Crippen LogP contribution in [0.15, 0.2) is 29.2 Å². The monoisotopic (exact) mass is 236 g/mol. The minimum absolute atomic E-state index is 0.406. The molecule has 0 fully saturated rings. The van der Waals surface area contributed by atoms with E-state index < -0.39 is 0 Å². The molecule has 88 valence electrons. The molecule has 0 bridgehead atoms. The number of hydrogen-bond acceptors (Lipinski definition) is 2. The molecule has 0 aliphatic heterocycles. The first kappa shape index (κ1) is 13.3. The maximum absolute atomic E-state index is 11.3. The largest absolute Gasteiger partial charge is 0.300 e. The van der Waals surface area contributed by atoms with Gasteiger partial charge in [0.15, 0.2) is 0 Å². The molecule has 0 aliphatic carbocycles. The second-order valence-electron chi connectivity index (χ2n) is 3.99. The molecule has 16 heavy (non-hydrogen) atoms. The summed E-state index contributed by atoms with van der Waals surface area (Å²) in [5.74, 6) is 0.406. The fourth-order valence-corrected chi connectivity index (χ4v) is 2.09. The van der Waals surface area contributed by atoms with Crippen molar-refractivity contribution in [1.29, 1.82) is 0 Å². The average Bonchev–Trinajstić information content (AvgIpc) is 2.30. The quantitative estimate of drug-likeness (QED) is 0.663. The molecule has 0 heterocycles. The van der Waals surface area contributed by atoms with Gasteiger partial charge in [-0.25, -0.2) is 0 Å². The third-order valence-electron chi connectivity index (χ3n) is 2.61. The van der Waals surface area contributed by atoms with Crippen molar-refractivity contribution in [2.24, 2.45) is 0 Å². The number of thioether (sulfide) groups is 1. The molecule has 0 unspecified atom stereocenters. The van der Waals surface area contributed by atoms with Crippen molar-refractivity contribution in [3.8, 4) is 0 Å². The molecule has 0 atom stereocenters. The van der Waals surface area contributed by atoms with Crippen molar-refractivity contribution in [3.63, 3.8) is 0 Å². The molecule has 1 aromatic rings. The van der Waals surface area contributed by atoms with Gasteiger partial charge < -0.3 is 0 Å². The van der Waals surface area contributed by atoms with Crippen molar-refractivity contribution in [1.82, 2.24) is 0 Å². The molecule has 0 spiro atoms. The van der Waals surface area contributed by atoms with Crippen LogP contribution in [0.5, 0.6) is 0 Å². The van der Waals surface area contributed by atoms with Crippen LogP contribution in [0.3, 0.4) is 0 Å². The van der Waals surface area contributed by atoms with Crippen LogP contribution in [0.1, 0.15) is 38.2 Å². The Balaban J connectivity index is 2.29. The minimum Gasteiger partial charge on any atom is -0.300 e. The predicted molar refractivity (Wildman–Crippen MR) is 71.1 cm³/mol. The standard InChI is InChI=1S/C14H20OS/c1-3-5-13(15)7-4-6-12-8-10-14(16-2)11-9-12/h8-11H,3-7H2,1-2H3. The Kier molecular flexibility index (Phi) is 6.24. The third kappa shape index (κ3) is 4.84. The van der Waals surface area contributed by atoms with E-state index in [1.54, 1.807) is 11.8 Å². The molecular formula is C14H20OS. The lowest BCUT2D eigenvalue weighted by Gasteiger charge is -2.02. The van der Waals surface area contributed by atoms with E-state index in [1.165, 1.54) is 10.5 Å². The number of hydrogen-bond donors (Lipinski definition) is 0. The molecule has 1 rings (SSSR count). The zero-order chi connectivity index (χ0) is 11.8. The number of ketones is 1. The second kappa shape index (κ2) is 7.50. The third-order valence-corrected chi connectivity index (χ3v) is 3.35. The highest BCUT2D eigenvalue weighted by Gasteiger charge is 2.00. The van der Waals surface area contributed by atoms with Crippen molar-refractivity contribution in [2.45, 2.75) is 43.9 Å². The molecule has 0 aliphatic rings. The predicted octanol–water partition coefficient (Wildman–Crippen LogP) is 4.10. The number of carbonyl (C=O) groups excluding carboxylic acids is 1. The van der Waals surface area contributed by atoms with E-state index in [2.05, 4.69) is 37.4 Å². The van der Waals surface area contributed by atoms with E-state index in [1.807, 2.05) is 0 Å². The smallest absolute Gasteiger partial charge is 0.132 e. The van der Waals surface area contributed by atoms with E-state index in [0.717, 1.165) is 32.1 Å². The van der Waals surface area contributed by atoms with Gasteiger partial charge in [-0.2, -0.15) is 0 Å². The topological polar surface area (TPSA) is 17.1 Å². The van der Waals surface area contributed by atoms with Gasteiger partial charge in [0, 0.05) is 17.7 Å². The van der Waals surface area contributed by atoms with Gasteiger partial charge in [0.25, 0.3) is 0 Å². The van der Waals surface area contributed by atoms with Crippen molar-refractivity contribution in [3.05, 3.63) is 29.8 Å². The first-order valence-corrected chi connectivity index (χ1v) is 7.13. The van der Waals surface area contributed by atoms with Crippen LogP contribution in [0, 0.1) is 0 Å². The number of benzene rings is 1. The van der Waals surface area contributed by atoms with Crippen LogP contribution >= 0.6 is 11.8 Å². The zero-order valence-corrected chi connectivity index (χ0v) is 11.0. The van der Waals surface area contributed by atoms with Crippen LogP contribution in [-0.4, -0.2) is 12.0 Å². The summed E-state index contributed by atoms with van der Waals surface area (Å²) in [6.07, 6.45) is 6.53. The maximum atomic E-state index is 11.3. The van der Waals surface area contributed by atoms with E-state index in [-0.39, 0.29) is 0 Å². The van der Waals surface area contributed by atoms with E-state index >= 15 is 0 Å². The Labute approximate surface area is 103 Å². The number of Topliss-reactive ketones (excluding diaryl/α,β-unsaturated/α-hetero) is 1. The van der Waals surface area contributed by atoms with E-state index in [0.29, 0.717) is 5.78 Å². The van der Waals surface area contributed by atoms with Crippen LogP contribution in [0.4, 0.5) is 0 Å². The normalized spacial score (nSPS) is 10.4. The summed E-state index contributed by atoms with van der Waals surface area (Å²) in [7, 11) is 0. The molecule has 0 saturated carbocycles. The lowest BCUT2D eigenvalue weighted by molar-refractivity contribution is -0.119. The fourth-order valence-electron chi connectivity index (χ4n) is 1.69. The Hall–Kier alpha value is -0.760. The summed E-state index contributed by atoms with van der Waals surface area (Å²) in [6.45, 7) is 2.05. The Bertz CT molecular complexity index is 316. The lowest BCUT2D eigenvalue weighted by atomic mass is 10.1. The average molecular weight is 236 g/mol. The van der Waals surface area contributed by atoms with Crippen molar-refractivity contribution in [2.75, 3.05) is 6.26 Å². The molecule has 0 N–H and O–H groups in total. The highest BCUT2D eigenvalue weighted by Crippen LogP contribution is 2.16. The zero-order valence-electron chi connectivity index (χ0n) is 10.2. The summed E-state index contributed by atoms with van der Waals surface area (Å²) in [6, 6.07) is 8.62. The fraction of sp³-hybridized carbons (Fsp3) is 0.500. The van der Waals surface area contributed by atoms with Gasteiger partial charge in [-0.1, -0.05) is 19.1 Å². The van der Waals surface area contributed by atoms with Crippen LogP contribution in [-0.2, 0) is 11.2 Å². The number of carbonyl (C=O) groups is 1. The van der Waals surface area contributed by atoms with Gasteiger partial charge in [0.1, 0.15) is 5.78 Å². The molecule has 1 nitrogen and oxygen atoms in total. The Morgan fingerprint density at radius 3 is 2.44 bits per heavy atom. The van der Waals surface area contributed by atoms with Gasteiger partial charge in [-0.3, -0.25) is 4.79 Å². The Morgan fingerprint density at radius 1 is 1.19 bits per heavy atom. The van der Waals surface area contributed by atoms with Gasteiger partial charge >= 0.3 is 0 Å². The second-order valence-corrected chi connectivity index (χ2v) is 4.87. The first-order chi connectivity index (χ1) is 7.76. The molecular weight excluding hydrogens is 216 g/mol. The summed E-state index contributed by atoms with van der Waals surface area (Å²) < 4.78 is 0. The maximum Gasteiger partial charge on any atom is 0.132 e. The van der Waals surface area contributed by atoms with E-state index in [9.17, 15) is 4.79 Å². The molecule has 0 aromatic heterocycles. The molecule has 1 aromatic carbocycles. The first-order valence-electron chi connectivity index (χ1n) is 5.91. The highest BCUT2D eigenvalue weighted by atomic mass is 32.2. The Morgan fingerprint density at radius 2 is 1.88 bits per heavy atom. The van der Waals surface area contributed by atoms with Crippen molar-refractivity contribution >= 4 is 17.5 Å². The minimum atomic E-state index is 0.406. The van der Waals surface area contributed by atoms with Gasteiger partial charge in [0.05, 0.1) is 0 Å². The summed E-state index contributed by atoms with van der Waals surface area (Å²) in [4.78, 5) is 12.6. The molecule has 2 heteroatoms. The van der Waals surface area contributed by atoms with Gasteiger partial charge in [-0.05, 0) is 43.2 Å². The van der Waals surface area contributed by atoms with Gasteiger partial charge in [-0.15, -0.1) is 11.8 Å². The molecule has 0 amide bonds. The lowest BCUT2D eigenvalue weighted by Crippen LogP contribution is -1.97. The molecule has 0 radical (unpaired) electrons. The summed E-state index contributed by atoms with van der Waals surface area (Å²) in [5.41, 5.74) is 1.34. The van der Waals surface area contributed by atoms with Crippen LogP contribution in [0.25, 0.3) is 0 Å². The summed E-state index contributed by atoms with van der Waals surface area (Å²) in [5, 5.41) is 0. The van der Waals surface area contributed by atoms with Crippen molar-refractivity contribution < 1.29 is 4.79 Å². The highest BCUT2D eigenvalue weighted by molar-refractivity contribution is 7.98. The van der Waals surface area contributed by atoms with E-state index in [4.69, 9.17) is 0 Å². The van der Waals surface area contributed by atoms with Gasteiger partial charge in [0.2, 0.25) is 0 Å². The number of rotatable bonds is 7. The number of aryl methyl sites for hydroxylation is 1. The van der Waals surface area contributed by atoms with Crippen LogP contribution in [0.2, 0.25) is 0 Å².